The molecule has 0 aliphatic rings. The predicted octanol–water partition coefficient (Wildman–Crippen LogP) is 2.85. The van der Waals surface area contributed by atoms with Crippen molar-refractivity contribution < 1.29 is 14.6 Å². The summed E-state index contributed by atoms with van der Waals surface area (Å²) >= 11 is 0. The van der Waals surface area contributed by atoms with Crippen LogP contribution >= 0.6 is 0 Å². The second-order valence-corrected chi connectivity index (χ2v) is 4.93. The van der Waals surface area contributed by atoms with Gasteiger partial charge in [0.25, 0.3) is 0 Å². The Kier molecular flexibility index (Phi) is 5.75. The Hall–Kier alpha value is -2.11. The zero-order chi connectivity index (χ0) is 15.9. The van der Waals surface area contributed by atoms with Crippen LogP contribution in [0.4, 0.5) is 4.79 Å². The second-order valence-electron chi connectivity index (χ2n) is 4.93. The molecule has 0 aliphatic heterocycles. The predicted molar refractivity (Wildman–Crippen MR) is 87.0 cm³/mol. The third-order valence-electron chi connectivity index (χ3n) is 3.49. The first-order valence-corrected chi connectivity index (χ1v) is 7.45. The molecule has 1 unspecified atom stereocenters. The van der Waals surface area contributed by atoms with E-state index in [1.54, 1.807) is 13.1 Å². The molecule has 0 amide bonds. The lowest BCUT2D eigenvalue weighted by molar-refractivity contribution is 0.155. The van der Waals surface area contributed by atoms with Gasteiger partial charge in [-0.05, 0) is 25.0 Å². The number of nitrogens with one attached hydrogen (secondary N) is 1. The summed E-state index contributed by atoms with van der Waals surface area (Å²) in [5.41, 5.74) is 1.81. The van der Waals surface area contributed by atoms with Crippen molar-refractivity contribution in [1.82, 2.24) is 9.88 Å². The average molecular weight is 302 g/mol. The lowest BCUT2D eigenvalue weighted by atomic mass is 10.0. The Morgan fingerprint density at radius 3 is 2.95 bits per heavy atom. The molecule has 2 N–H and O–H groups in total. The van der Waals surface area contributed by atoms with Crippen molar-refractivity contribution in [2.75, 3.05) is 19.8 Å². The SMILES string of the molecule is C=CCC(NCCO)c1cn(C(=O)OCC)c2ccccc12. The van der Waals surface area contributed by atoms with Crippen LogP contribution in [0.5, 0.6) is 0 Å². The Labute approximate surface area is 130 Å². The number of nitrogens with zero attached hydrogens (tertiary/aromatic N) is 1. The molecule has 0 aliphatic carbocycles. The van der Waals surface area contributed by atoms with Gasteiger partial charge in [0, 0.05) is 24.2 Å². The van der Waals surface area contributed by atoms with Crippen molar-refractivity contribution in [3.05, 3.63) is 48.7 Å². The van der Waals surface area contributed by atoms with Crippen LogP contribution in [-0.4, -0.2) is 35.5 Å². The van der Waals surface area contributed by atoms with Gasteiger partial charge in [0.1, 0.15) is 0 Å². The van der Waals surface area contributed by atoms with E-state index in [0.29, 0.717) is 19.6 Å². The number of ether oxygens (including phenoxy) is 1. The van der Waals surface area contributed by atoms with Crippen LogP contribution in [0.2, 0.25) is 0 Å². The smallest absolute Gasteiger partial charge is 0.418 e. The number of rotatable bonds is 7. The molecule has 1 aromatic heterocycles. The van der Waals surface area contributed by atoms with Crippen molar-refractivity contribution >= 4 is 17.0 Å². The van der Waals surface area contributed by atoms with Crippen molar-refractivity contribution in [1.29, 1.82) is 0 Å². The Morgan fingerprint density at radius 2 is 2.27 bits per heavy atom. The summed E-state index contributed by atoms with van der Waals surface area (Å²) in [6, 6.07) is 7.71. The number of aromatic nitrogens is 1. The Morgan fingerprint density at radius 1 is 1.50 bits per heavy atom. The molecule has 118 valence electrons. The molecule has 5 heteroatoms. The quantitative estimate of drug-likeness (QED) is 0.772. The highest BCUT2D eigenvalue weighted by atomic mass is 16.5. The molecule has 2 rings (SSSR count). The van der Waals surface area contributed by atoms with E-state index in [-0.39, 0.29) is 18.7 Å². The Bertz CT molecular complexity index is 648. The molecule has 0 fully saturated rings. The van der Waals surface area contributed by atoms with Gasteiger partial charge in [0.05, 0.1) is 18.7 Å². The summed E-state index contributed by atoms with van der Waals surface area (Å²) in [4.78, 5) is 12.1. The zero-order valence-electron chi connectivity index (χ0n) is 12.8. The van der Waals surface area contributed by atoms with Gasteiger partial charge in [0.2, 0.25) is 0 Å². The third kappa shape index (κ3) is 3.37. The molecule has 2 aromatic rings. The number of carbonyl (C=O) groups excluding carboxylic acids is 1. The van der Waals surface area contributed by atoms with E-state index in [1.807, 2.05) is 30.3 Å². The van der Waals surface area contributed by atoms with Gasteiger partial charge in [-0.2, -0.15) is 0 Å². The summed E-state index contributed by atoms with van der Waals surface area (Å²) in [6.45, 7) is 6.45. The van der Waals surface area contributed by atoms with Gasteiger partial charge in [-0.3, -0.25) is 4.57 Å². The monoisotopic (exact) mass is 302 g/mol. The summed E-state index contributed by atoms with van der Waals surface area (Å²) in [6.07, 6.45) is 3.95. The maximum atomic E-state index is 12.1. The van der Waals surface area contributed by atoms with Crippen molar-refractivity contribution in [2.24, 2.45) is 0 Å². The van der Waals surface area contributed by atoms with Crippen LogP contribution < -0.4 is 5.32 Å². The summed E-state index contributed by atoms with van der Waals surface area (Å²) in [7, 11) is 0. The first-order valence-electron chi connectivity index (χ1n) is 7.45. The maximum Gasteiger partial charge on any atom is 0.418 e. The first kappa shape index (κ1) is 16.3. The van der Waals surface area contributed by atoms with E-state index in [2.05, 4.69) is 11.9 Å². The van der Waals surface area contributed by atoms with Crippen molar-refractivity contribution in [3.63, 3.8) is 0 Å². The van der Waals surface area contributed by atoms with Gasteiger partial charge in [-0.25, -0.2) is 4.79 Å². The molecule has 1 atom stereocenters. The maximum absolute atomic E-state index is 12.1. The number of carbonyl (C=O) groups is 1. The number of hydrogen-bond acceptors (Lipinski definition) is 4. The fraction of sp³-hybridized carbons (Fsp3) is 0.353. The average Bonchev–Trinajstić information content (AvgIpc) is 2.91. The highest BCUT2D eigenvalue weighted by molar-refractivity contribution is 5.92. The van der Waals surface area contributed by atoms with Crippen LogP contribution in [0, 0.1) is 0 Å². The largest absolute Gasteiger partial charge is 0.449 e. The molecule has 0 saturated carbocycles. The van der Waals surface area contributed by atoms with Crippen LogP contribution in [0.15, 0.2) is 43.1 Å². The van der Waals surface area contributed by atoms with E-state index in [0.717, 1.165) is 16.5 Å². The number of hydrogen-bond donors (Lipinski definition) is 2. The summed E-state index contributed by atoms with van der Waals surface area (Å²) < 4.78 is 6.65. The van der Waals surface area contributed by atoms with Crippen LogP contribution in [0.3, 0.4) is 0 Å². The third-order valence-corrected chi connectivity index (χ3v) is 3.49. The number of benzene rings is 1. The molecule has 1 heterocycles. The minimum absolute atomic E-state index is 0.00905. The van der Waals surface area contributed by atoms with Gasteiger partial charge >= 0.3 is 6.09 Å². The molecule has 0 radical (unpaired) electrons. The highest BCUT2D eigenvalue weighted by Gasteiger charge is 2.19. The summed E-state index contributed by atoms with van der Waals surface area (Å²) in [5.74, 6) is 0. The fourth-order valence-corrected chi connectivity index (χ4v) is 2.55. The first-order chi connectivity index (χ1) is 10.7. The number of aliphatic hydroxyl groups is 1. The molecule has 5 nitrogen and oxygen atoms in total. The van der Waals surface area contributed by atoms with Crippen molar-refractivity contribution in [2.45, 2.75) is 19.4 Å². The molecule has 0 spiro atoms. The number of aliphatic hydroxyl groups excluding tert-OH is 1. The normalized spacial score (nSPS) is 12.3. The fourth-order valence-electron chi connectivity index (χ4n) is 2.55. The standard InChI is InChI=1S/C17H22N2O3/c1-3-7-15(18-10-11-20)14-12-19(17(21)22-4-2)16-9-6-5-8-13(14)16/h3,5-6,8-9,12,15,18,20H,1,4,7,10-11H2,2H3. The van der Waals surface area contributed by atoms with E-state index < -0.39 is 0 Å². The molecular weight excluding hydrogens is 280 g/mol. The lowest BCUT2D eigenvalue weighted by Gasteiger charge is -2.16. The highest BCUT2D eigenvalue weighted by Crippen LogP contribution is 2.28. The number of fused-ring (bicyclic) bond motifs is 1. The van der Waals surface area contributed by atoms with Crippen LogP contribution in [0.25, 0.3) is 10.9 Å². The molecule has 0 bridgehead atoms. The minimum Gasteiger partial charge on any atom is -0.449 e. The second kappa shape index (κ2) is 7.77. The number of para-hydroxylation sites is 1. The van der Waals surface area contributed by atoms with E-state index >= 15 is 0 Å². The molecule has 0 saturated heterocycles. The van der Waals surface area contributed by atoms with E-state index in [9.17, 15) is 4.79 Å². The summed E-state index contributed by atoms with van der Waals surface area (Å²) in [5, 5.41) is 13.3. The molecule has 22 heavy (non-hydrogen) atoms. The lowest BCUT2D eigenvalue weighted by Crippen LogP contribution is -2.24. The van der Waals surface area contributed by atoms with Gasteiger partial charge in [0.15, 0.2) is 0 Å². The Balaban J connectivity index is 2.47. The van der Waals surface area contributed by atoms with E-state index in [1.165, 1.54) is 4.57 Å². The molecular formula is C17H22N2O3. The van der Waals surface area contributed by atoms with Crippen LogP contribution in [0.1, 0.15) is 24.9 Å². The van der Waals surface area contributed by atoms with Gasteiger partial charge in [-0.15, -0.1) is 6.58 Å². The van der Waals surface area contributed by atoms with Crippen LogP contribution in [-0.2, 0) is 4.74 Å². The topological polar surface area (TPSA) is 63.5 Å². The molecule has 1 aromatic carbocycles. The van der Waals surface area contributed by atoms with Crippen molar-refractivity contribution in [3.8, 4) is 0 Å². The minimum atomic E-state index is -0.385. The van der Waals surface area contributed by atoms with Gasteiger partial charge < -0.3 is 15.2 Å². The van der Waals surface area contributed by atoms with Gasteiger partial charge in [-0.1, -0.05) is 24.3 Å². The van der Waals surface area contributed by atoms with E-state index in [4.69, 9.17) is 9.84 Å². The zero-order valence-corrected chi connectivity index (χ0v) is 12.8.